The van der Waals surface area contributed by atoms with E-state index in [0.29, 0.717) is 0 Å². The third kappa shape index (κ3) is 2.79. The SMILES string of the molecule is CN(CC1CCCC1O)S(=O)(=O)c1ncn(C)c1Cl. The third-order valence-electron chi connectivity index (χ3n) is 3.60. The molecule has 1 heterocycles. The minimum absolute atomic E-state index is 0.0118. The van der Waals surface area contributed by atoms with Gasteiger partial charge in [-0.2, -0.15) is 4.31 Å². The zero-order valence-corrected chi connectivity index (χ0v) is 12.5. The van der Waals surface area contributed by atoms with Gasteiger partial charge in [0, 0.05) is 20.6 Å². The molecular formula is C11H18ClN3O3S. The maximum absolute atomic E-state index is 12.3. The molecule has 1 saturated carbocycles. The van der Waals surface area contributed by atoms with Crippen LogP contribution in [0.4, 0.5) is 0 Å². The predicted octanol–water partition coefficient (Wildman–Crippen LogP) is 0.855. The first-order chi connectivity index (χ1) is 8.84. The van der Waals surface area contributed by atoms with Crippen LogP contribution in [-0.4, -0.2) is 47.1 Å². The van der Waals surface area contributed by atoms with Crippen LogP contribution in [0.1, 0.15) is 19.3 Å². The van der Waals surface area contributed by atoms with Gasteiger partial charge < -0.3 is 9.67 Å². The van der Waals surface area contributed by atoms with Crippen LogP contribution in [-0.2, 0) is 17.1 Å². The molecule has 0 amide bonds. The lowest BCUT2D eigenvalue weighted by atomic mass is 10.1. The van der Waals surface area contributed by atoms with E-state index in [-0.39, 0.29) is 22.6 Å². The number of aliphatic hydroxyl groups excluding tert-OH is 1. The molecule has 0 aliphatic heterocycles. The van der Waals surface area contributed by atoms with Gasteiger partial charge in [0.2, 0.25) is 5.03 Å². The molecule has 0 spiro atoms. The quantitative estimate of drug-likeness (QED) is 0.895. The number of rotatable bonds is 4. The highest BCUT2D eigenvalue weighted by Crippen LogP contribution is 2.28. The second-order valence-corrected chi connectivity index (χ2v) is 7.31. The maximum Gasteiger partial charge on any atom is 0.263 e. The topological polar surface area (TPSA) is 75.4 Å². The van der Waals surface area contributed by atoms with E-state index in [9.17, 15) is 13.5 Å². The molecule has 1 aromatic rings. The Labute approximate surface area is 118 Å². The van der Waals surface area contributed by atoms with Crippen molar-refractivity contribution in [1.29, 1.82) is 0 Å². The molecular weight excluding hydrogens is 290 g/mol. The summed E-state index contributed by atoms with van der Waals surface area (Å²) in [7, 11) is -0.576. The molecule has 0 radical (unpaired) electrons. The number of nitrogens with zero attached hydrogens (tertiary/aromatic N) is 3. The molecule has 1 aliphatic carbocycles. The Kier molecular flexibility index (Phi) is 4.20. The third-order valence-corrected chi connectivity index (χ3v) is 5.91. The van der Waals surface area contributed by atoms with E-state index in [1.54, 1.807) is 7.05 Å². The summed E-state index contributed by atoms with van der Waals surface area (Å²) in [5.41, 5.74) is 0. The Bertz CT molecular complexity index is 558. The molecule has 6 nitrogen and oxygen atoms in total. The average molecular weight is 308 g/mol. The van der Waals surface area contributed by atoms with Gasteiger partial charge in [-0.25, -0.2) is 13.4 Å². The minimum atomic E-state index is -3.70. The van der Waals surface area contributed by atoms with Crippen molar-refractivity contribution in [2.75, 3.05) is 13.6 Å². The number of sulfonamides is 1. The molecule has 19 heavy (non-hydrogen) atoms. The van der Waals surface area contributed by atoms with Gasteiger partial charge in [-0.15, -0.1) is 0 Å². The molecule has 108 valence electrons. The van der Waals surface area contributed by atoms with E-state index in [2.05, 4.69) is 4.98 Å². The molecule has 1 aliphatic rings. The summed E-state index contributed by atoms with van der Waals surface area (Å²) in [4.78, 5) is 3.84. The van der Waals surface area contributed by atoms with E-state index in [1.807, 2.05) is 0 Å². The molecule has 1 fully saturated rings. The van der Waals surface area contributed by atoms with E-state index in [0.717, 1.165) is 19.3 Å². The standard InChI is InChI=1S/C11H18ClN3O3S/c1-14-7-13-11(10(14)12)19(17,18)15(2)6-8-4-3-5-9(8)16/h7-9,16H,3-6H2,1-2H3. The fourth-order valence-corrected chi connectivity index (χ4v) is 3.98. The molecule has 2 unspecified atom stereocenters. The molecule has 0 aromatic carbocycles. The summed E-state index contributed by atoms with van der Waals surface area (Å²) >= 11 is 5.93. The summed E-state index contributed by atoms with van der Waals surface area (Å²) in [6.07, 6.45) is 3.47. The molecule has 1 N–H and O–H groups in total. The average Bonchev–Trinajstić information content (AvgIpc) is 2.88. The Morgan fingerprint density at radius 2 is 2.26 bits per heavy atom. The zero-order chi connectivity index (χ0) is 14.2. The van der Waals surface area contributed by atoms with Gasteiger partial charge in [-0.05, 0) is 18.8 Å². The summed E-state index contributed by atoms with van der Waals surface area (Å²) in [6, 6.07) is 0. The molecule has 2 rings (SSSR count). The monoisotopic (exact) mass is 307 g/mol. The zero-order valence-electron chi connectivity index (χ0n) is 11.0. The first-order valence-corrected chi connectivity index (χ1v) is 7.97. The number of hydrogen-bond acceptors (Lipinski definition) is 4. The van der Waals surface area contributed by atoms with Crippen molar-refractivity contribution in [2.24, 2.45) is 13.0 Å². The van der Waals surface area contributed by atoms with Gasteiger partial charge in [0.1, 0.15) is 5.15 Å². The summed E-state index contributed by atoms with van der Waals surface area (Å²) < 4.78 is 27.4. The van der Waals surface area contributed by atoms with Crippen molar-refractivity contribution in [3.05, 3.63) is 11.5 Å². The van der Waals surface area contributed by atoms with Crippen molar-refractivity contribution in [3.63, 3.8) is 0 Å². The summed E-state index contributed by atoms with van der Waals surface area (Å²) in [5.74, 6) is -0.0118. The first kappa shape index (κ1) is 14.8. The van der Waals surface area contributed by atoms with Gasteiger partial charge in [-0.1, -0.05) is 18.0 Å². The number of aromatic nitrogens is 2. The Balaban J connectivity index is 2.17. The van der Waals surface area contributed by atoms with Crippen LogP contribution >= 0.6 is 11.6 Å². The molecule has 0 bridgehead atoms. The highest BCUT2D eigenvalue weighted by molar-refractivity contribution is 7.89. The second-order valence-electron chi connectivity index (χ2n) is 5.00. The number of hydrogen-bond donors (Lipinski definition) is 1. The Hall–Kier alpha value is -0.630. The number of aryl methyl sites for hydroxylation is 1. The minimum Gasteiger partial charge on any atom is -0.393 e. The molecule has 1 aromatic heterocycles. The molecule has 2 atom stereocenters. The number of halogens is 1. The Morgan fingerprint density at radius 3 is 2.74 bits per heavy atom. The highest BCUT2D eigenvalue weighted by atomic mass is 35.5. The van der Waals surface area contributed by atoms with E-state index in [4.69, 9.17) is 11.6 Å². The van der Waals surface area contributed by atoms with Gasteiger partial charge in [-0.3, -0.25) is 0 Å². The van der Waals surface area contributed by atoms with Crippen LogP contribution < -0.4 is 0 Å². The van der Waals surface area contributed by atoms with Crippen LogP contribution in [0, 0.1) is 5.92 Å². The largest absolute Gasteiger partial charge is 0.393 e. The van der Waals surface area contributed by atoms with E-state index < -0.39 is 16.1 Å². The summed E-state index contributed by atoms with van der Waals surface area (Å²) in [5, 5.41) is 9.73. The lowest BCUT2D eigenvalue weighted by molar-refractivity contribution is 0.123. The van der Waals surface area contributed by atoms with Crippen LogP contribution in [0.15, 0.2) is 11.4 Å². The molecule has 0 saturated heterocycles. The maximum atomic E-state index is 12.3. The predicted molar refractivity (Wildman–Crippen MR) is 71.4 cm³/mol. The van der Waals surface area contributed by atoms with Crippen molar-refractivity contribution in [1.82, 2.24) is 13.9 Å². The van der Waals surface area contributed by atoms with Crippen LogP contribution in [0.25, 0.3) is 0 Å². The van der Waals surface area contributed by atoms with Gasteiger partial charge in [0.05, 0.1) is 12.4 Å². The van der Waals surface area contributed by atoms with Gasteiger partial charge >= 0.3 is 0 Å². The highest BCUT2D eigenvalue weighted by Gasteiger charge is 2.32. The fraction of sp³-hybridized carbons (Fsp3) is 0.727. The number of aliphatic hydroxyl groups is 1. The Morgan fingerprint density at radius 1 is 1.58 bits per heavy atom. The second kappa shape index (κ2) is 5.40. The van der Waals surface area contributed by atoms with Crippen LogP contribution in [0.3, 0.4) is 0 Å². The lowest BCUT2D eigenvalue weighted by Gasteiger charge is -2.22. The normalized spacial score (nSPS) is 24.3. The van der Waals surface area contributed by atoms with E-state index in [1.165, 1.54) is 22.2 Å². The van der Waals surface area contributed by atoms with E-state index >= 15 is 0 Å². The van der Waals surface area contributed by atoms with Crippen molar-refractivity contribution >= 4 is 21.6 Å². The van der Waals surface area contributed by atoms with Crippen LogP contribution in [0.2, 0.25) is 5.15 Å². The lowest BCUT2D eigenvalue weighted by Crippen LogP contribution is -2.34. The first-order valence-electron chi connectivity index (χ1n) is 6.15. The van der Waals surface area contributed by atoms with Gasteiger partial charge in [0.25, 0.3) is 10.0 Å². The smallest absolute Gasteiger partial charge is 0.263 e. The van der Waals surface area contributed by atoms with Crippen molar-refractivity contribution < 1.29 is 13.5 Å². The van der Waals surface area contributed by atoms with Crippen LogP contribution in [0.5, 0.6) is 0 Å². The number of imidazole rings is 1. The van der Waals surface area contributed by atoms with Crippen molar-refractivity contribution in [2.45, 2.75) is 30.4 Å². The van der Waals surface area contributed by atoms with Crippen molar-refractivity contribution in [3.8, 4) is 0 Å². The molecule has 8 heteroatoms. The summed E-state index contributed by atoms with van der Waals surface area (Å²) in [6.45, 7) is 0.288. The van der Waals surface area contributed by atoms with Gasteiger partial charge in [0.15, 0.2) is 0 Å². The fourth-order valence-electron chi connectivity index (χ4n) is 2.37.